The fraction of sp³-hybridized carbons (Fsp3) is 0.417. The molecule has 3 rings (SSSR count). The number of sulfonamides is 1. The molecular weight excluding hydrogens is 296 g/mol. The van der Waals surface area contributed by atoms with Crippen LogP contribution in [-0.2, 0) is 10.0 Å². The van der Waals surface area contributed by atoms with Gasteiger partial charge >= 0.3 is 0 Å². The van der Waals surface area contributed by atoms with E-state index in [9.17, 15) is 13.7 Å². The molecule has 0 amide bonds. The lowest BCUT2D eigenvalue weighted by Gasteiger charge is -2.21. The number of nitrogens with zero attached hydrogens (tertiary/aromatic N) is 3. The molecule has 1 N–H and O–H groups in total. The zero-order valence-electron chi connectivity index (χ0n) is 10.5. The Morgan fingerprint density at radius 1 is 1.30 bits per heavy atom. The highest BCUT2D eigenvalue weighted by molar-refractivity contribution is 7.89. The van der Waals surface area contributed by atoms with E-state index in [0.29, 0.717) is 23.9 Å². The zero-order valence-corrected chi connectivity index (χ0v) is 12.2. The molecular formula is C12H12N4O2S2. The second kappa shape index (κ2) is 4.77. The summed E-state index contributed by atoms with van der Waals surface area (Å²) in [5, 5.41) is 9.30. The second-order valence-electron chi connectivity index (χ2n) is 4.89. The fourth-order valence-corrected chi connectivity index (χ4v) is 4.67. The molecule has 1 heterocycles. The molecule has 0 spiro atoms. The minimum atomic E-state index is -3.78. The first-order valence-electron chi connectivity index (χ1n) is 6.23. The number of rotatable bonds is 3. The van der Waals surface area contributed by atoms with E-state index in [0.717, 1.165) is 24.6 Å². The molecule has 0 aliphatic heterocycles. The van der Waals surface area contributed by atoms with Crippen molar-refractivity contribution in [2.75, 3.05) is 0 Å². The second-order valence-corrected chi connectivity index (χ2v) is 7.07. The van der Waals surface area contributed by atoms with E-state index in [-0.39, 0.29) is 4.90 Å². The highest BCUT2D eigenvalue weighted by atomic mass is 32.2. The molecule has 20 heavy (non-hydrogen) atoms. The average molecular weight is 308 g/mol. The van der Waals surface area contributed by atoms with Gasteiger partial charge < -0.3 is 0 Å². The Kier molecular flexibility index (Phi) is 3.20. The summed E-state index contributed by atoms with van der Waals surface area (Å²) in [6.45, 7) is 0. The third-order valence-corrected chi connectivity index (χ3v) is 5.65. The number of hydrogen-bond acceptors (Lipinski definition) is 6. The van der Waals surface area contributed by atoms with E-state index in [2.05, 4.69) is 19.5 Å². The Hall–Kier alpha value is -1.56. The lowest BCUT2D eigenvalue weighted by atomic mass is 10.0. The molecule has 1 aromatic heterocycles. The van der Waals surface area contributed by atoms with Gasteiger partial charge in [0.1, 0.15) is 21.5 Å². The van der Waals surface area contributed by atoms with Crippen LogP contribution in [0, 0.1) is 11.3 Å². The van der Waals surface area contributed by atoms with Crippen molar-refractivity contribution in [3.63, 3.8) is 0 Å². The summed E-state index contributed by atoms with van der Waals surface area (Å²) < 4.78 is 35.7. The van der Waals surface area contributed by atoms with Gasteiger partial charge in [0.15, 0.2) is 0 Å². The Bertz CT molecular complexity index is 785. The topological polar surface area (TPSA) is 95.7 Å². The van der Waals surface area contributed by atoms with Crippen LogP contribution in [0.15, 0.2) is 23.1 Å². The van der Waals surface area contributed by atoms with Gasteiger partial charge in [-0.3, -0.25) is 0 Å². The Morgan fingerprint density at radius 2 is 2.05 bits per heavy atom. The van der Waals surface area contributed by atoms with Crippen LogP contribution in [-0.4, -0.2) is 22.7 Å². The lowest BCUT2D eigenvalue weighted by Crippen LogP contribution is -2.44. The highest BCUT2D eigenvalue weighted by Gasteiger charge is 2.38. The zero-order chi connectivity index (χ0) is 14.2. The molecule has 2 aromatic rings. The van der Waals surface area contributed by atoms with Gasteiger partial charge in [0.2, 0.25) is 10.0 Å². The summed E-state index contributed by atoms with van der Waals surface area (Å²) in [7, 11) is -3.78. The number of hydrogen-bond donors (Lipinski definition) is 1. The van der Waals surface area contributed by atoms with Crippen molar-refractivity contribution in [3.8, 4) is 6.07 Å². The molecule has 6 nitrogen and oxygen atoms in total. The maximum atomic E-state index is 12.5. The first kappa shape index (κ1) is 13.4. The van der Waals surface area contributed by atoms with Gasteiger partial charge in [0.05, 0.1) is 17.8 Å². The normalized spacial score (nSPS) is 18.1. The molecule has 0 unspecified atom stereocenters. The predicted molar refractivity (Wildman–Crippen MR) is 74.5 cm³/mol. The number of nitrogens with one attached hydrogen (secondary N) is 1. The number of fused-ring (bicyclic) bond motifs is 1. The van der Waals surface area contributed by atoms with Crippen LogP contribution < -0.4 is 4.72 Å². The van der Waals surface area contributed by atoms with Crippen LogP contribution in [0.25, 0.3) is 11.0 Å². The summed E-state index contributed by atoms with van der Waals surface area (Å²) in [6, 6.07) is 6.96. The van der Waals surface area contributed by atoms with Gasteiger partial charge in [0.25, 0.3) is 0 Å². The van der Waals surface area contributed by atoms with Gasteiger partial charge in [-0.25, -0.2) is 8.42 Å². The molecule has 0 radical (unpaired) electrons. The largest absolute Gasteiger partial charge is 0.244 e. The van der Waals surface area contributed by atoms with Crippen molar-refractivity contribution in [1.29, 1.82) is 5.26 Å². The molecule has 104 valence electrons. The first-order valence-corrected chi connectivity index (χ1v) is 8.44. The van der Waals surface area contributed by atoms with Crippen LogP contribution in [0.1, 0.15) is 25.7 Å². The van der Waals surface area contributed by atoms with Crippen molar-refractivity contribution < 1.29 is 8.42 Å². The van der Waals surface area contributed by atoms with Crippen LogP contribution >= 0.6 is 11.7 Å². The molecule has 1 aromatic carbocycles. The minimum absolute atomic E-state index is 0.0882. The smallest absolute Gasteiger partial charge is 0.207 e. The van der Waals surface area contributed by atoms with Crippen molar-refractivity contribution in [2.45, 2.75) is 36.1 Å². The van der Waals surface area contributed by atoms with Crippen LogP contribution in [0.3, 0.4) is 0 Å². The van der Waals surface area contributed by atoms with E-state index >= 15 is 0 Å². The highest BCUT2D eigenvalue weighted by Crippen LogP contribution is 2.31. The fourth-order valence-electron chi connectivity index (χ4n) is 2.53. The van der Waals surface area contributed by atoms with Crippen LogP contribution in [0.5, 0.6) is 0 Å². The van der Waals surface area contributed by atoms with Crippen molar-refractivity contribution in [3.05, 3.63) is 18.2 Å². The van der Waals surface area contributed by atoms with E-state index < -0.39 is 15.6 Å². The summed E-state index contributed by atoms with van der Waals surface area (Å²) in [6.07, 6.45) is 2.82. The predicted octanol–water partition coefficient (Wildman–Crippen LogP) is 1.81. The molecule has 1 fully saturated rings. The SMILES string of the molecule is N#CC1(NS(=O)(=O)c2cccc3nsnc23)CCCC1. The van der Waals surface area contributed by atoms with Gasteiger partial charge in [0, 0.05) is 0 Å². The van der Waals surface area contributed by atoms with Crippen LogP contribution in [0.2, 0.25) is 0 Å². The number of aromatic nitrogens is 2. The van der Waals surface area contributed by atoms with Gasteiger partial charge in [-0.05, 0) is 25.0 Å². The van der Waals surface area contributed by atoms with Crippen molar-refractivity contribution in [2.24, 2.45) is 0 Å². The molecule has 1 aliphatic carbocycles. The maximum absolute atomic E-state index is 12.5. The molecule has 0 bridgehead atoms. The Morgan fingerprint density at radius 3 is 2.75 bits per heavy atom. The summed E-state index contributed by atoms with van der Waals surface area (Å²) in [4.78, 5) is 0.0882. The Balaban J connectivity index is 2.04. The summed E-state index contributed by atoms with van der Waals surface area (Å²) >= 11 is 0.974. The lowest BCUT2D eigenvalue weighted by molar-refractivity contribution is 0.485. The summed E-state index contributed by atoms with van der Waals surface area (Å²) in [5.74, 6) is 0. The first-order chi connectivity index (χ1) is 9.56. The van der Waals surface area contributed by atoms with E-state index in [4.69, 9.17) is 0 Å². The molecule has 0 atom stereocenters. The molecule has 1 saturated carbocycles. The van der Waals surface area contributed by atoms with Gasteiger partial charge in [-0.2, -0.15) is 18.7 Å². The molecule has 0 saturated heterocycles. The average Bonchev–Trinajstić information content (AvgIpc) is 3.06. The summed E-state index contributed by atoms with van der Waals surface area (Å²) in [5.41, 5.74) is -0.0730. The van der Waals surface area contributed by atoms with E-state index in [1.807, 2.05) is 0 Å². The quantitative estimate of drug-likeness (QED) is 0.932. The van der Waals surface area contributed by atoms with Crippen molar-refractivity contribution >= 4 is 32.8 Å². The van der Waals surface area contributed by atoms with E-state index in [1.54, 1.807) is 12.1 Å². The van der Waals surface area contributed by atoms with Gasteiger partial charge in [-0.1, -0.05) is 18.9 Å². The maximum Gasteiger partial charge on any atom is 0.244 e. The van der Waals surface area contributed by atoms with Crippen molar-refractivity contribution in [1.82, 2.24) is 13.5 Å². The molecule has 1 aliphatic rings. The number of benzene rings is 1. The third kappa shape index (κ3) is 2.18. The van der Waals surface area contributed by atoms with E-state index in [1.165, 1.54) is 6.07 Å². The Labute approximate surface area is 120 Å². The monoisotopic (exact) mass is 308 g/mol. The van der Waals surface area contributed by atoms with Gasteiger partial charge in [-0.15, -0.1) is 0 Å². The number of nitriles is 1. The standard InChI is InChI=1S/C12H12N4O2S2/c13-8-12(6-1-2-7-12)16-20(17,18)10-5-3-4-9-11(10)15-19-14-9/h3-5,16H,1-2,6-7H2. The minimum Gasteiger partial charge on any atom is -0.207 e. The molecule has 8 heteroatoms. The third-order valence-electron chi connectivity index (χ3n) is 3.54. The van der Waals surface area contributed by atoms with Crippen LogP contribution in [0.4, 0.5) is 0 Å².